The Morgan fingerprint density at radius 2 is 2.21 bits per heavy atom. The molecule has 0 fully saturated rings. The standard InChI is InChI=1S/C19H15F2N5O2S/c20-19(21)10-28-17(23)26-18(19)5-7-29-14-4-3-12(8-13(14)18)25-16(27)15-11(9-22)2-1-6-24-15/h1-4,6,8H,5,7,10H2,(H2,23,26)(H,25,27)/t18-/m1/s1. The van der Waals surface area contributed by atoms with E-state index >= 15 is 0 Å². The Labute approximate surface area is 169 Å². The number of nitrogens with zero attached hydrogens (tertiary/aromatic N) is 3. The molecule has 3 N–H and O–H groups in total. The first kappa shape index (κ1) is 19.1. The summed E-state index contributed by atoms with van der Waals surface area (Å²) in [6.45, 7) is -0.859. The lowest BCUT2D eigenvalue weighted by molar-refractivity contribution is -0.124. The molecule has 148 valence electrons. The summed E-state index contributed by atoms with van der Waals surface area (Å²) in [5, 5.41) is 11.8. The smallest absolute Gasteiger partial charge is 0.310 e. The molecule has 29 heavy (non-hydrogen) atoms. The minimum atomic E-state index is -3.26. The van der Waals surface area contributed by atoms with Crippen LogP contribution in [0.5, 0.6) is 0 Å². The lowest BCUT2D eigenvalue weighted by atomic mass is 9.80. The first-order chi connectivity index (χ1) is 13.9. The zero-order valence-electron chi connectivity index (χ0n) is 15.0. The van der Waals surface area contributed by atoms with Gasteiger partial charge in [0.05, 0.1) is 5.56 Å². The predicted molar refractivity (Wildman–Crippen MR) is 103 cm³/mol. The van der Waals surface area contributed by atoms with E-state index in [-0.39, 0.29) is 29.3 Å². The molecule has 2 aliphatic heterocycles. The van der Waals surface area contributed by atoms with Crippen LogP contribution >= 0.6 is 11.8 Å². The van der Waals surface area contributed by atoms with Gasteiger partial charge in [-0.3, -0.25) is 4.79 Å². The van der Waals surface area contributed by atoms with Gasteiger partial charge in [-0.25, -0.2) is 9.98 Å². The van der Waals surface area contributed by atoms with Gasteiger partial charge in [0.2, 0.25) is 0 Å². The van der Waals surface area contributed by atoms with Gasteiger partial charge in [-0.1, -0.05) is 0 Å². The van der Waals surface area contributed by atoms with Crippen LogP contribution < -0.4 is 11.1 Å². The van der Waals surface area contributed by atoms with Crippen molar-refractivity contribution in [3.05, 3.63) is 53.3 Å². The lowest BCUT2D eigenvalue weighted by Gasteiger charge is -2.43. The number of alkyl halides is 2. The number of benzene rings is 1. The monoisotopic (exact) mass is 415 g/mol. The molecular formula is C19H15F2N5O2S. The molecule has 0 unspecified atom stereocenters. The van der Waals surface area contributed by atoms with E-state index in [2.05, 4.69) is 15.3 Å². The number of nitrogens with two attached hydrogens (primary N) is 1. The van der Waals surface area contributed by atoms with Crippen molar-refractivity contribution in [3.8, 4) is 6.07 Å². The number of hydrogen-bond acceptors (Lipinski definition) is 7. The van der Waals surface area contributed by atoms with Crippen LogP contribution in [0.3, 0.4) is 0 Å². The van der Waals surface area contributed by atoms with Crippen molar-refractivity contribution in [3.63, 3.8) is 0 Å². The summed E-state index contributed by atoms with van der Waals surface area (Å²) >= 11 is 1.44. The van der Waals surface area contributed by atoms with Gasteiger partial charge in [0.25, 0.3) is 11.9 Å². The van der Waals surface area contributed by atoms with Crippen LogP contribution in [0.2, 0.25) is 0 Å². The molecule has 0 radical (unpaired) electrons. The number of anilines is 1. The average Bonchev–Trinajstić information content (AvgIpc) is 2.71. The molecule has 1 spiro atoms. The number of fused-ring (bicyclic) bond motifs is 2. The molecule has 2 aliphatic rings. The number of aromatic nitrogens is 1. The third-order valence-corrected chi connectivity index (χ3v) is 5.93. The van der Waals surface area contributed by atoms with Crippen LogP contribution in [0.4, 0.5) is 14.5 Å². The van der Waals surface area contributed by atoms with E-state index in [1.165, 1.54) is 30.1 Å². The molecule has 0 bridgehead atoms. The van der Waals surface area contributed by atoms with Gasteiger partial charge in [-0.15, -0.1) is 11.8 Å². The normalized spacial score (nSPS) is 22.0. The minimum Gasteiger partial charge on any atom is -0.459 e. The van der Waals surface area contributed by atoms with Gasteiger partial charge in [0.1, 0.15) is 11.8 Å². The second kappa shape index (κ2) is 7.00. The van der Waals surface area contributed by atoms with E-state index in [1.54, 1.807) is 18.2 Å². The highest BCUT2D eigenvalue weighted by Crippen LogP contribution is 2.53. The van der Waals surface area contributed by atoms with E-state index in [1.807, 2.05) is 6.07 Å². The Kier molecular flexibility index (Phi) is 4.62. The lowest BCUT2D eigenvalue weighted by Crippen LogP contribution is -2.54. The third-order valence-electron chi connectivity index (χ3n) is 4.86. The fourth-order valence-electron chi connectivity index (χ4n) is 3.45. The zero-order chi connectivity index (χ0) is 20.6. The molecule has 4 rings (SSSR count). The van der Waals surface area contributed by atoms with Crippen molar-refractivity contribution < 1.29 is 18.3 Å². The Balaban J connectivity index is 1.74. The largest absolute Gasteiger partial charge is 0.459 e. The van der Waals surface area contributed by atoms with Gasteiger partial charge in [0.15, 0.2) is 12.1 Å². The number of halogens is 2. The van der Waals surface area contributed by atoms with Gasteiger partial charge in [0, 0.05) is 28.1 Å². The molecule has 7 nitrogen and oxygen atoms in total. The maximum atomic E-state index is 14.9. The van der Waals surface area contributed by atoms with E-state index in [0.29, 0.717) is 16.3 Å². The van der Waals surface area contributed by atoms with Gasteiger partial charge in [-0.2, -0.15) is 14.0 Å². The first-order valence-corrected chi connectivity index (χ1v) is 9.65. The van der Waals surface area contributed by atoms with E-state index in [9.17, 15) is 13.6 Å². The molecular weight excluding hydrogens is 400 g/mol. The number of aliphatic imine (C=N–C) groups is 1. The second-order valence-electron chi connectivity index (χ2n) is 6.58. The topological polar surface area (TPSA) is 113 Å². The maximum Gasteiger partial charge on any atom is 0.310 e. The Morgan fingerprint density at radius 1 is 1.38 bits per heavy atom. The summed E-state index contributed by atoms with van der Waals surface area (Å²) in [6, 6.07) is 9.39. The fraction of sp³-hybridized carbons (Fsp3) is 0.263. The zero-order valence-corrected chi connectivity index (χ0v) is 15.8. The van der Waals surface area contributed by atoms with Crippen molar-refractivity contribution in [1.82, 2.24) is 4.98 Å². The average molecular weight is 415 g/mol. The van der Waals surface area contributed by atoms with Crippen molar-refractivity contribution in [1.29, 1.82) is 5.26 Å². The van der Waals surface area contributed by atoms with Crippen LogP contribution in [0.1, 0.15) is 28.0 Å². The van der Waals surface area contributed by atoms with Crippen LogP contribution in [-0.2, 0) is 10.3 Å². The highest BCUT2D eigenvalue weighted by molar-refractivity contribution is 7.99. The first-order valence-electron chi connectivity index (χ1n) is 8.66. The van der Waals surface area contributed by atoms with Crippen LogP contribution in [0.25, 0.3) is 0 Å². The van der Waals surface area contributed by atoms with Crippen molar-refractivity contribution in [2.45, 2.75) is 22.8 Å². The Bertz CT molecular complexity index is 1070. The number of rotatable bonds is 2. The minimum absolute atomic E-state index is 0.0459. The quantitative estimate of drug-likeness (QED) is 0.780. The number of carbonyl (C=O) groups excluding carboxylic acids is 1. The number of ether oxygens (including phenoxy) is 1. The van der Waals surface area contributed by atoms with Crippen LogP contribution in [0.15, 0.2) is 46.4 Å². The number of amides is 1. The van der Waals surface area contributed by atoms with Gasteiger partial charge >= 0.3 is 5.92 Å². The van der Waals surface area contributed by atoms with Gasteiger partial charge in [-0.05, 0) is 36.8 Å². The fourth-order valence-corrected chi connectivity index (χ4v) is 4.61. The SMILES string of the molecule is N#Cc1cccnc1C(=O)Nc1ccc2c(c1)[C@@]1(CCS2)N=C(N)OCC1(F)F. The van der Waals surface area contributed by atoms with Crippen LogP contribution in [-0.4, -0.2) is 35.2 Å². The Hall–Kier alpha value is -3.19. The third kappa shape index (κ3) is 3.17. The van der Waals surface area contributed by atoms with Crippen molar-refractivity contribution in [2.24, 2.45) is 10.7 Å². The van der Waals surface area contributed by atoms with E-state index in [4.69, 9.17) is 15.7 Å². The second-order valence-corrected chi connectivity index (χ2v) is 7.72. The number of nitrogens with one attached hydrogen (secondary N) is 1. The summed E-state index contributed by atoms with van der Waals surface area (Å²) < 4.78 is 34.6. The molecule has 1 aromatic heterocycles. The number of pyridine rings is 1. The molecule has 0 saturated heterocycles. The molecule has 10 heteroatoms. The highest BCUT2D eigenvalue weighted by Gasteiger charge is 2.59. The molecule has 3 heterocycles. The highest BCUT2D eigenvalue weighted by atomic mass is 32.2. The van der Waals surface area contributed by atoms with E-state index in [0.717, 1.165) is 0 Å². The van der Waals surface area contributed by atoms with Crippen molar-refractivity contribution in [2.75, 3.05) is 17.7 Å². The summed E-state index contributed by atoms with van der Waals surface area (Å²) in [5.41, 5.74) is 4.42. The number of carbonyl (C=O) groups is 1. The summed E-state index contributed by atoms with van der Waals surface area (Å²) in [6.07, 6.45) is 1.48. The van der Waals surface area contributed by atoms with Gasteiger partial charge < -0.3 is 15.8 Å². The van der Waals surface area contributed by atoms with E-state index < -0.39 is 24.0 Å². The Morgan fingerprint density at radius 3 is 3.00 bits per heavy atom. The number of nitriles is 1. The molecule has 1 atom stereocenters. The number of amidine groups is 1. The molecule has 1 aromatic carbocycles. The van der Waals surface area contributed by atoms with Crippen molar-refractivity contribution >= 4 is 29.4 Å². The molecule has 1 amide bonds. The summed E-state index contributed by atoms with van der Waals surface area (Å²) in [4.78, 5) is 21.2. The molecule has 0 saturated carbocycles. The molecule has 2 aromatic rings. The number of hydrogen-bond donors (Lipinski definition) is 2. The van der Waals surface area contributed by atoms with Crippen LogP contribution in [0, 0.1) is 11.3 Å². The predicted octanol–water partition coefficient (Wildman–Crippen LogP) is 2.88. The number of thioether (sulfide) groups is 1. The summed E-state index contributed by atoms with van der Waals surface area (Å²) in [7, 11) is 0. The maximum absolute atomic E-state index is 14.9. The molecule has 0 aliphatic carbocycles. The summed E-state index contributed by atoms with van der Waals surface area (Å²) in [5.74, 6) is -3.42.